The number of allylic oxidation sites excluding steroid dienone is 1. The zero-order chi connectivity index (χ0) is 22.2. The molecule has 2 saturated heterocycles. The van der Waals surface area contributed by atoms with Crippen LogP contribution in [0.4, 0.5) is 4.79 Å². The smallest absolute Gasteiger partial charge is 0.410 e. The molecule has 9 heteroatoms. The fourth-order valence-corrected chi connectivity index (χ4v) is 7.30. The Balaban J connectivity index is 1.47. The Bertz CT molecular complexity index is 990. The molecule has 0 N–H and O–H groups in total. The predicted octanol–water partition coefficient (Wildman–Crippen LogP) is 3.73. The molecule has 1 aliphatic carbocycles. The predicted molar refractivity (Wildman–Crippen MR) is 120 cm³/mol. The first kappa shape index (κ1) is 22.3. The molecule has 1 aromatic rings. The van der Waals surface area contributed by atoms with Crippen molar-refractivity contribution in [1.29, 1.82) is 0 Å². The van der Waals surface area contributed by atoms with Gasteiger partial charge >= 0.3 is 6.09 Å². The third-order valence-electron chi connectivity index (χ3n) is 6.43. The van der Waals surface area contributed by atoms with Gasteiger partial charge in [0.15, 0.2) is 9.84 Å². The highest BCUT2D eigenvalue weighted by molar-refractivity contribution is 7.92. The Kier molecular flexibility index (Phi) is 6.44. The Hall–Kier alpha value is -1.87. The molecule has 2 aliphatic heterocycles. The number of amides is 2. The number of hydrogen-bond acceptors (Lipinski definition) is 6. The van der Waals surface area contributed by atoms with Gasteiger partial charge in [0.2, 0.25) is 0 Å². The first-order chi connectivity index (χ1) is 14.8. The Morgan fingerprint density at radius 1 is 1.29 bits per heavy atom. The first-order valence-corrected chi connectivity index (χ1v) is 13.8. The number of carbonyl (C=O) groups excluding carboxylic acids is 2. The van der Waals surface area contributed by atoms with Crippen LogP contribution in [0.5, 0.6) is 0 Å². The number of thiophene rings is 1. The molecule has 3 aliphatic rings. The third kappa shape index (κ3) is 4.39. The maximum absolute atomic E-state index is 13.3. The van der Waals surface area contributed by atoms with Gasteiger partial charge in [0.05, 0.1) is 10.9 Å². The molecule has 4 rings (SSSR count). The molecule has 1 unspecified atom stereocenters. The van der Waals surface area contributed by atoms with E-state index in [1.165, 1.54) is 6.26 Å². The van der Waals surface area contributed by atoms with Crippen molar-refractivity contribution < 1.29 is 22.7 Å². The van der Waals surface area contributed by atoms with Crippen molar-refractivity contribution >= 4 is 39.3 Å². The number of ether oxygens (including phenoxy) is 1. The number of carbonyl (C=O) groups is 2. The maximum atomic E-state index is 13.3. The van der Waals surface area contributed by atoms with Gasteiger partial charge in [0.1, 0.15) is 10.8 Å². The highest BCUT2D eigenvalue weighted by atomic mass is 32.2. The number of rotatable bonds is 6. The van der Waals surface area contributed by atoms with Gasteiger partial charge in [-0.15, -0.1) is 11.3 Å². The van der Waals surface area contributed by atoms with E-state index in [0.717, 1.165) is 55.4 Å². The highest BCUT2D eigenvalue weighted by Crippen LogP contribution is 2.38. The molecular weight excluding hydrogens is 436 g/mol. The average Bonchev–Trinajstić information content (AvgIpc) is 3.32. The minimum absolute atomic E-state index is 0.0866. The van der Waals surface area contributed by atoms with E-state index < -0.39 is 9.84 Å². The number of likely N-dealkylation sites (tertiary alicyclic amines) is 1. The van der Waals surface area contributed by atoms with Gasteiger partial charge in [-0.2, -0.15) is 0 Å². The van der Waals surface area contributed by atoms with Gasteiger partial charge in [0, 0.05) is 31.0 Å². The number of unbranched alkanes of at least 4 members (excludes halogenated alkanes) is 1. The molecule has 2 amide bonds. The minimum atomic E-state index is -3.39. The van der Waals surface area contributed by atoms with E-state index in [1.807, 2.05) is 22.0 Å². The van der Waals surface area contributed by atoms with Gasteiger partial charge in [-0.1, -0.05) is 31.9 Å². The van der Waals surface area contributed by atoms with Crippen LogP contribution in [0.25, 0.3) is 6.08 Å². The van der Waals surface area contributed by atoms with Crippen LogP contribution in [-0.4, -0.2) is 68.3 Å². The number of hydrogen-bond donors (Lipinski definition) is 0. The Labute approximate surface area is 188 Å². The summed E-state index contributed by atoms with van der Waals surface area (Å²) >= 11 is 1.11. The molecule has 0 radical (unpaired) electrons. The van der Waals surface area contributed by atoms with Crippen LogP contribution in [0.15, 0.2) is 10.3 Å². The van der Waals surface area contributed by atoms with Gasteiger partial charge in [0.25, 0.3) is 5.91 Å². The molecule has 1 atom stereocenters. The second kappa shape index (κ2) is 8.94. The van der Waals surface area contributed by atoms with Gasteiger partial charge in [-0.05, 0) is 37.7 Å². The number of sulfone groups is 1. The van der Waals surface area contributed by atoms with Crippen LogP contribution in [0.3, 0.4) is 0 Å². The Morgan fingerprint density at radius 3 is 2.71 bits per heavy atom. The van der Waals surface area contributed by atoms with Crippen LogP contribution in [-0.2, 0) is 21.0 Å². The van der Waals surface area contributed by atoms with Gasteiger partial charge in [-0.3, -0.25) is 9.69 Å². The van der Waals surface area contributed by atoms with Crippen LogP contribution in [0.2, 0.25) is 0 Å². The second-order valence-electron chi connectivity index (χ2n) is 8.63. The topological polar surface area (TPSA) is 84.0 Å². The maximum Gasteiger partial charge on any atom is 0.410 e. The lowest BCUT2D eigenvalue weighted by molar-refractivity contribution is 0.0637. The molecule has 7 nitrogen and oxygen atoms in total. The molecule has 3 heterocycles. The third-order valence-corrected chi connectivity index (χ3v) is 9.51. The van der Waals surface area contributed by atoms with Crippen molar-refractivity contribution in [1.82, 2.24) is 9.80 Å². The molecule has 170 valence electrons. The van der Waals surface area contributed by atoms with E-state index in [2.05, 4.69) is 6.92 Å². The van der Waals surface area contributed by atoms with Crippen molar-refractivity contribution in [2.45, 2.75) is 68.2 Å². The van der Waals surface area contributed by atoms with Crippen LogP contribution >= 0.6 is 11.3 Å². The fourth-order valence-electron chi connectivity index (χ4n) is 4.82. The number of nitrogens with zero attached hydrogens (tertiary/aromatic N) is 2. The van der Waals surface area contributed by atoms with Crippen LogP contribution in [0.1, 0.15) is 66.2 Å². The molecule has 1 aromatic heterocycles. The Morgan fingerprint density at radius 2 is 2.03 bits per heavy atom. The molecular formula is C22H30N2O5S2. The summed E-state index contributed by atoms with van der Waals surface area (Å²) in [5, 5.41) is 0. The second-order valence-corrected chi connectivity index (χ2v) is 11.9. The molecule has 2 fully saturated rings. The summed E-state index contributed by atoms with van der Waals surface area (Å²) in [4.78, 5) is 29.9. The minimum Gasteiger partial charge on any atom is -0.447 e. The molecule has 0 spiro atoms. The summed E-state index contributed by atoms with van der Waals surface area (Å²) in [6, 6.07) is 0.223. The summed E-state index contributed by atoms with van der Waals surface area (Å²) in [7, 11) is -3.39. The highest BCUT2D eigenvalue weighted by Gasteiger charge is 2.40. The van der Waals surface area contributed by atoms with Crippen molar-refractivity contribution in [3.8, 4) is 0 Å². The van der Waals surface area contributed by atoms with Gasteiger partial charge in [-0.25, -0.2) is 13.2 Å². The number of piperidine rings is 1. The quantitative estimate of drug-likeness (QED) is 0.638. The summed E-state index contributed by atoms with van der Waals surface area (Å²) in [5.41, 5.74) is 1.55. The van der Waals surface area contributed by atoms with Crippen molar-refractivity contribution in [2.24, 2.45) is 0 Å². The van der Waals surface area contributed by atoms with E-state index >= 15 is 0 Å². The average molecular weight is 467 g/mol. The van der Waals surface area contributed by atoms with Crippen molar-refractivity contribution in [3.05, 3.63) is 22.1 Å². The molecule has 0 saturated carbocycles. The number of cyclic esters (lactones) is 1. The van der Waals surface area contributed by atoms with E-state index in [0.29, 0.717) is 36.6 Å². The van der Waals surface area contributed by atoms with Crippen molar-refractivity contribution in [3.63, 3.8) is 0 Å². The first-order valence-electron chi connectivity index (χ1n) is 11.1. The standard InChI is InChI=1S/C22H30N2O5S2/c1-3-4-7-16-14-29-22(26)24(16)15-10-12-23(13-11-15)20(25)19-17-8-5-6-9-18(17)21(30-19)31(2,27)28/h6,9,15-16H,3-5,7-8,10-14H2,1-2H3. The van der Waals surface area contributed by atoms with E-state index in [9.17, 15) is 18.0 Å². The summed E-state index contributed by atoms with van der Waals surface area (Å²) in [6.07, 6.45) is 10.8. The largest absolute Gasteiger partial charge is 0.447 e. The van der Waals surface area contributed by atoms with Gasteiger partial charge < -0.3 is 9.64 Å². The zero-order valence-electron chi connectivity index (χ0n) is 18.1. The molecule has 31 heavy (non-hydrogen) atoms. The monoisotopic (exact) mass is 466 g/mol. The van der Waals surface area contributed by atoms with Crippen LogP contribution in [0, 0.1) is 0 Å². The van der Waals surface area contributed by atoms with E-state index in [4.69, 9.17) is 4.74 Å². The summed E-state index contributed by atoms with van der Waals surface area (Å²) in [6.45, 7) is 3.72. The summed E-state index contributed by atoms with van der Waals surface area (Å²) < 4.78 is 30.1. The SMILES string of the molecule is CCCCC1COC(=O)N1C1CCN(C(=O)c2sc(S(C)(=O)=O)c3c2CCC=C3)CC1. The van der Waals surface area contributed by atoms with E-state index in [1.54, 1.807) is 0 Å². The molecule has 0 aromatic carbocycles. The summed E-state index contributed by atoms with van der Waals surface area (Å²) in [5.74, 6) is -0.0866. The molecule has 0 bridgehead atoms. The normalized spacial score (nSPS) is 22.0. The lowest BCUT2D eigenvalue weighted by Gasteiger charge is -2.38. The van der Waals surface area contributed by atoms with Crippen LogP contribution < -0.4 is 0 Å². The van der Waals surface area contributed by atoms with Crippen molar-refractivity contribution in [2.75, 3.05) is 26.0 Å². The lowest BCUT2D eigenvalue weighted by atomic mass is 9.98. The van der Waals surface area contributed by atoms with E-state index in [-0.39, 0.29) is 28.3 Å². The lowest BCUT2D eigenvalue weighted by Crippen LogP contribution is -2.49. The zero-order valence-corrected chi connectivity index (χ0v) is 19.8. The number of fused-ring (bicyclic) bond motifs is 1. The fraction of sp³-hybridized carbons (Fsp3) is 0.636.